The van der Waals surface area contributed by atoms with Gasteiger partial charge in [-0.1, -0.05) is 20.8 Å². The zero-order valence-corrected chi connectivity index (χ0v) is 12.7. The highest BCUT2D eigenvalue weighted by Crippen LogP contribution is 2.20. The Morgan fingerprint density at radius 3 is 2.33 bits per heavy atom. The highest BCUT2D eigenvalue weighted by molar-refractivity contribution is 5.27. The van der Waals surface area contributed by atoms with Gasteiger partial charge < -0.3 is 5.32 Å². The summed E-state index contributed by atoms with van der Waals surface area (Å²) in [4.78, 5) is 0. The van der Waals surface area contributed by atoms with Crippen LogP contribution in [0.25, 0.3) is 0 Å². The topological polar surface area (TPSA) is 29.9 Å². The van der Waals surface area contributed by atoms with Gasteiger partial charge >= 0.3 is 0 Å². The summed E-state index contributed by atoms with van der Waals surface area (Å²) in [5.74, 6) is 0. The molecule has 0 saturated heterocycles. The Morgan fingerprint density at radius 1 is 1.11 bits per heavy atom. The molecule has 0 saturated carbocycles. The summed E-state index contributed by atoms with van der Waals surface area (Å²) < 4.78 is 2.22. The van der Waals surface area contributed by atoms with Crippen LogP contribution < -0.4 is 5.32 Å². The number of aromatic nitrogens is 2. The Hall–Kier alpha value is -0.830. The zero-order valence-electron chi connectivity index (χ0n) is 12.7. The van der Waals surface area contributed by atoms with E-state index in [0.29, 0.717) is 6.04 Å². The van der Waals surface area contributed by atoms with E-state index < -0.39 is 0 Å². The lowest BCUT2D eigenvalue weighted by atomic mass is 10.1. The van der Waals surface area contributed by atoms with Crippen molar-refractivity contribution in [2.24, 2.45) is 0 Å². The molecule has 1 aromatic rings. The predicted molar refractivity (Wildman–Crippen MR) is 78.2 cm³/mol. The molecule has 0 fully saturated rings. The van der Waals surface area contributed by atoms with Gasteiger partial charge in [-0.05, 0) is 58.2 Å². The number of rotatable bonds is 8. The molecule has 3 nitrogen and oxygen atoms in total. The maximum atomic E-state index is 4.79. The monoisotopic (exact) mass is 251 g/mol. The first-order valence-corrected chi connectivity index (χ1v) is 7.45. The summed E-state index contributed by atoms with van der Waals surface area (Å²) in [6, 6.07) is 0.461. The van der Waals surface area contributed by atoms with Crippen molar-refractivity contribution in [1.82, 2.24) is 15.1 Å². The van der Waals surface area contributed by atoms with Gasteiger partial charge in [-0.2, -0.15) is 5.10 Å². The van der Waals surface area contributed by atoms with E-state index in [1.807, 2.05) is 0 Å². The van der Waals surface area contributed by atoms with Gasteiger partial charge in [0.05, 0.1) is 5.69 Å². The fraction of sp³-hybridized carbons (Fsp3) is 0.800. The predicted octanol–water partition coefficient (Wildman–Crippen LogP) is 3.13. The minimum Gasteiger partial charge on any atom is -0.316 e. The van der Waals surface area contributed by atoms with E-state index in [9.17, 15) is 0 Å². The van der Waals surface area contributed by atoms with Gasteiger partial charge in [0.2, 0.25) is 0 Å². The highest BCUT2D eigenvalue weighted by atomic mass is 15.3. The average Bonchev–Trinajstić information content (AvgIpc) is 2.72. The molecule has 0 atom stereocenters. The molecule has 1 heterocycles. The van der Waals surface area contributed by atoms with Crippen LogP contribution in [0.4, 0.5) is 0 Å². The summed E-state index contributed by atoms with van der Waals surface area (Å²) in [7, 11) is 0. The second kappa shape index (κ2) is 7.57. The van der Waals surface area contributed by atoms with Gasteiger partial charge in [-0.15, -0.1) is 0 Å². The molecule has 0 aliphatic carbocycles. The minimum absolute atomic E-state index is 0.461. The zero-order chi connectivity index (χ0) is 13.5. The molecule has 0 aliphatic rings. The molecule has 104 valence electrons. The number of hydrogen-bond donors (Lipinski definition) is 1. The maximum absolute atomic E-state index is 4.79. The minimum atomic E-state index is 0.461. The SMILES string of the molecule is CCCNCCc1c(CC)nn(C(C)C)c1CC. The number of aryl methyl sites for hydroxylation is 1. The molecular formula is C15H29N3. The third kappa shape index (κ3) is 3.58. The van der Waals surface area contributed by atoms with Crippen molar-refractivity contribution in [3.8, 4) is 0 Å². The second-order valence-electron chi connectivity index (χ2n) is 5.12. The van der Waals surface area contributed by atoms with Crippen LogP contribution in [0.15, 0.2) is 0 Å². The normalized spacial score (nSPS) is 11.4. The van der Waals surface area contributed by atoms with Gasteiger partial charge in [-0.3, -0.25) is 4.68 Å². The fourth-order valence-electron chi connectivity index (χ4n) is 2.45. The summed E-state index contributed by atoms with van der Waals surface area (Å²) in [6.07, 6.45) is 4.43. The van der Waals surface area contributed by atoms with Crippen molar-refractivity contribution in [2.45, 2.75) is 66.3 Å². The van der Waals surface area contributed by atoms with Crippen LogP contribution in [0.3, 0.4) is 0 Å². The molecule has 1 rings (SSSR count). The molecule has 1 N–H and O–H groups in total. The average molecular weight is 251 g/mol. The Labute approximate surface area is 112 Å². The Morgan fingerprint density at radius 2 is 1.83 bits per heavy atom. The Balaban J connectivity index is 2.85. The molecule has 0 amide bonds. The van der Waals surface area contributed by atoms with Crippen molar-refractivity contribution in [3.63, 3.8) is 0 Å². The van der Waals surface area contributed by atoms with E-state index in [0.717, 1.165) is 32.4 Å². The summed E-state index contributed by atoms with van der Waals surface area (Å²) >= 11 is 0. The van der Waals surface area contributed by atoms with Gasteiger partial charge in [-0.25, -0.2) is 0 Å². The quantitative estimate of drug-likeness (QED) is 0.719. The third-order valence-corrected chi connectivity index (χ3v) is 3.34. The summed E-state index contributed by atoms with van der Waals surface area (Å²) in [5, 5.41) is 8.27. The first kappa shape index (κ1) is 15.2. The maximum Gasteiger partial charge on any atom is 0.0657 e. The molecule has 0 unspecified atom stereocenters. The number of nitrogens with zero attached hydrogens (tertiary/aromatic N) is 2. The summed E-state index contributed by atoms with van der Waals surface area (Å²) in [6.45, 7) is 13.3. The molecule has 0 radical (unpaired) electrons. The van der Waals surface area contributed by atoms with Crippen LogP contribution >= 0.6 is 0 Å². The summed E-state index contributed by atoms with van der Waals surface area (Å²) in [5.41, 5.74) is 4.20. The molecule has 3 heteroatoms. The van der Waals surface area contributed by atoms with Crippen LogP contribution in [0.2, 0.25) is 0 Å². The molecule has 0 aromatic carbocycles. The second-order valence-corrected chi connectivity index (χ2v) is 5.12. The Kier molecular flexibility index (Phi) is 6.41. The van der Waals surface area contributed by atoms with Crippen LogP contribution in [-0.2, 0) is 19.3 Å². The molecule has 0 aliphatic heterocycles. The van der Waals surface area contributed by atoms with E-state index in [2.05, 4.69) is 44.6 Å². The lowest BCUT2D eigenvalue weighted by molar-refractivity contribution is 0.506. The highest BCUT2D eigenvalue weighted by Gasteiger charge is 2.16. The molecular weight excluding hydrogens is 222 g/mol. The van der Waals surface area contributed by atoms with Crippen molar-refractivity contribution < 1.29 is 0 Å². The van der Waals surface area contributed by atoms with Crippen molar-refractivity contribution >= 4 is 0 Å². The fourth-order valence-corrected chi connectivity index (χ4v) is 2.45. The third-order valence-electron chi connectivity index (χ3n) is 3.34. The number of hydrogen-bond acceptors (Lipinski definition) is 2. The first-order valence-electron chi connectivity index (χ1n) is 7.45. The van der Waals surface area contributed by atoms with E-state index in [4.69, 9.17) is 5.10 Å². The van der Waals surface area contributed by atoms with Crippen molar-refractivity contribution in [2.75, 3.05) is 13.1 Å². The van der Waals surface area contributed by atoms with Crippen LogP contribution in [0.1, 0.15) is 64.0 Å². The van der Waals surface area contributed by atoms with Crippen molar-refractivity contribution in [3.05, 3.63) is 17.0 Å². The van der Waals surface area contributed by atoms with Gasteiger partial charge in [0, 0.05) is 11.7 Å². The van der Waals surface area contributed by atoms with E-state index in [-0.39, 0.29) is 0 Å². The molecule has 1 aromatic heterocycles. The number of nitrogens with one attached hydrogen (secondary N) is 1. The standard InChI is InChI=1S/C15H29N3/c1-6-10-16-11-9-13-14(7-2)17-18(12(4)5)15(13)8-3/h12,16H,6-11H2,1-5H3. The van der Waals surface area contributed by atoms with E-state index in [1.54, 1.807) is 0 Å². The van der Waals surface area contributed by atoms with Gasteiger partial charge in [0.1, 0.15) is 0 Å². The van der Waals surface area contributed by atoms with Crippen LogP contribution in [0.5, 0.6) is 0 Å². The van der Waals surface area contributed by atoms with Gasteiger partial charge in [0.15, 0.2) is 0 Å². The largest absolute Gasteiger partial charge is 0.316 e. The first-order chi connectivity index (χ1) is 8.65. The lowest BCUT2D eigenvalue weighted by Gasteiger charge is -2.11. The Bertz CT molecular complexity index is 353. The molecule has 18 heavy (non-hydrogen) atoms. The van der Waals surface area contributed by atoms with Crippen LogP contribution in [0, 0.1) is 0 Å². The van der Waals surface area contributed by atoms with Crippen LogP contribution in [-0.4, -0.2) is 22.9 Å². The molecule has 0 bridgehead atoms. The van der Waals surface area contributed by atoms with Crippen molar-refractivity contribution in [1.29, 1.82) is 0 Å². The smallest absolute Gasteiger partial charge is 0.0657 e. The van der Waals surface area contributed by atoms with E-state index in [1.165, 1.54) is 23.4 Å². The van der Waals surface area contributed by atoms with E-state index >= 15 is 0 Å². The lowest BCUT2D eigenvalue weighted by Crippen LogP contribution is -2.18. The van der Waals surface area contributed by atoms with Gasteiger partial charge in [0.25, 0.3) is 0 Å². The molecule has 0 spiro atoms.